The summed E-state index contributed by atoms with van der Waals surface area (Å²) in [6.45, 7) is 6.35. The van der Waals surface area contributed by atoms with E-state index in [0.29, 0.717) is 10.5 Å². The molecule has 0 spiro atoms. The van der Waals surface area contributed by atoms with Crippen molar-refractivity contribution in [1.29, 1.82) is 0 Å². The van der Waals surface area contributed by atoms with Gasteiger partial charge in [-0.25, -0.2) is 4.98 Å². The summed E-state index contributed by atoms with van der Waals surface area (Å²) in [5, 5.41) is 0. The molecule has 1 N–H and O–H groups in total. The molecule has 0 amide bonds. The first kappa shape index (κ1) is 16.3. The van der Waals surface area contributed by atoms with Crippen molar-refractivity contribution in [3.8, 4) is 11.5 Å². The molecule has 3 nitrogen and oxygen atoms in total. The largest absolute Gasteiger partial charge is 0.340 e. The van der Waals surface area contributed by atoms with E-state index in [1.54, 1.807) is 6.20 Å². The standard InChI is InChI=1S/C13H12Br3N3S/c1-13(2,3)10-8(16)12(20)19-11(18-10)9-7(15)4-6(14)5-17-9/h4-5H,1-3H3,(H,18,19,20). The first-order valence-corrected chi connectivity index (χ1v) is 8.60. The van der Waals surface area contributed by atoms with E-state index in [1.165, 1.54) is 0 Å². The highest BCUT2D eigenvalue weighted by Gasteiger charge is 2.21. The van der Waals surface area contributed by atoms with Gasteiger partial charge in [-0.2, -0.15) is 0 Å². The van der Waals surface area contributed by atoms with Crippen LogP contribution in [0.5, 0.6) is 0 Å². The van der Waals surface area contributed by atoms with Gasteiger partial charge >= 0.3 is 0 Å². The molecule has 7 heteroatoms. The van der Waals surface area contributed by atoms with Crippen molar-refractivity contribution in [2.75, 3.05) is 0 Å². The van der Waals surface area contributed by atoms with Crippen molar-refractivity contribution in [3.05, 3.63) is 36.0 Å². The summed E-state index contributed by atoms with van der Waals surface area (Å²) in [7, 11) is 0. The molecular formula is C13H12Br3N3S. The maximum Gasteiger partial charge on any atom is 0.159 e. The fourth-order valence-corrected chi connectivity index (χ4v) is 3.83. The molecule has 106 valence electrons. The second-order valence-electron chi connectivity index (χ2n) is 5.31. The lowest BCUT2D eigenvalue weighted by Gasteiger charge is -2.21. The summed E-state index contributed by atoms with van der Waals surface area (Å²) < 4.78 is 3.12. The molecule has 0 unspecified atom stereocenters. The summed E-state index contributed by atoms with van der Waals surface area (Å²) in [5.74, 6) is 0.655. The molecule has 0 saturated carbocycles. The SMILES string of the molecule is CC(C)(C)c1[nH]c(-c2ncc(Br)cc2Br)nc(=S)c1Br. The number of aromatic amines is 1. The van der Waals surface area contributed by atoms with Crippen LogP contribution < -0.4 is 0 Å². The van der Waals surface area contributed by atoms with Crippen LogP contribution in [0.15, 0.2) is 25.7 Å². The molecule has 0 aliphatic heterocycles. The van der Waals surface area contributed by atoms with Crippen LogP contribution in [0.4, 0.5) is 0 Å². The van der Waals surface area contributed by atoms with Crippen LogP contribution in [0.2, 0.25) is 0 Å². The average molecular weight is 482 g/mol. The second kappa shape index (κ2) is 5.94. The van der Waals surface area contributed by atoms with Gasteiger partial charge in [0.2, 0.25) is 0 Å². The Balaban J connectivity index is 2.70. The van der Waals surface area contributed by atoms with Crippen molar-refractivity contribution < 1.29 is 0 Å². The van der Waals surface area contributed by atoms with E-state index in [9.17, 15) is 0 Å². The summed E-state index contributed by atoms with van der Waals surface area (Å²) in [4.78, 5) is 12.1. The molecule has 0 aromatic carbocycles. The van der Waals surface area contributed by atoms with Crippen LogP contribution in [-0.4, -0.2) is 15.0 Å². The molecule has 2 aromatic heterocycles. The lowest BCUT2D eigenvalue weighted by Crippen LogP contribution is -2.16. The Bertz CT molecular complexity index is 720. The molecule has 20 heavy (non-hydrogen) atoms. The Morgan fingerprint density at radius 3 is 2.40 bits per heavy atom. The monoisotopic (exact) mass is 479 g/mol. The molecule has 0 saturated heterocycles. The van der Waals surface area contributed by atoms with Gasteiger partial charge in [0.15, 0.2) is 5.82 Å². The maximum absolute atomic E-state index is 5.34. The summed E-state index contributed by atoms with van der Waals surface area (Å²) in [5.41, 5.74) is 1.66. The van der Waals surface area contributed by atoms with Gasteiger partial charge in [0.1, 0.15) is 10.3 Å². The number of nitrogens with zero attached hydrogens (tertiary/aromatic N) is 2. The second-order valence-corrected chi connectivity index (χ2v) is 8.26. The first-order chi connectivity index (χ1) is 9.20. The molecule has 0 atom stereocenters. The number of hydrogen-bond donors (Lipinski definition) is 1. The minimum absolute atomic E-state index is 0.0775. The van der Waals surface area contributed by atoms with Crippen molar-refractivity contribution in [2.45, 2.75) is 26.2 Å². The van der Waals surface area contributed by atoms with Crippen LogP contribution in [0.25, 0.3) is 11.5 Å². The van der Waals surface area contributed by atoms with Crippen LogP contribution in [0, 0.1) is 4.64 Å². The van der Waals surface area contributed by atoms with Gasteiger partial charge in [-0.3, -0.25) is 4.98 Å². The van der Waals surface area contributed by atoms with E-state index < -0.39 is 0 Å². The van der Waals surface area contributed by atoms with E-state index in [0.717, 1.165) is 24.8 Å². The fourth-order valence-electron chi connectivity index (χ4n) is 1.68. The van der Waals surface area contributed by atoms with Crippen LogP contribution in [-0.2, 0) is 5.41 Å². The number of H-pyrrole nitrogens is 1. The van der Waals surface area contributed by atoms with Crippen molar-refractivity contribution in [3.63, 3.8) is 0 Å². The summed E-state index contributed by atoms with van der Waals surface area (Å²) in [6.07, 6.45) is 1.73. The Morgan fingerprint density at radius 2 is 1.85 bits per heavy atom. The van der Waals surface area contributed by atoms with E-state index in [1.807, 2.05) is 6.07 Å². The number of halogens is 3. The molecule has 0 aliphatic carbocycles. The predicted molar refractivity (Wildman–Crippen MR) is 94.5 cm³/mol. The zero-order valence-electron chi connectivity index (χ0n) is 11.1. The van der Waals surface area contributed by atoms with Gasteiger partial charge in [-0.15, -0.1) is 0 Å². The smallest absolute Gasteiger partial charge is 0.159 e. The number of rotatable bonds is 1. The molecule has 2 aromatic rings. The Kier molecular flexibility index (Phi) is 4.83. The highest BCUT2D eigenvalue weighted by Crippen LogP contribution is 2.32. The van der Waals surface area contributed by atoms with Crippen molar-refractivity contribution in [2.24, 2.45) is 0 Å². The maximum atomic E-state index is 5.34. The van der Waals surface area contributed by atoms with E-state index in [4.69, 9.17) is 12.2 Å². The van der Waals surface area contributed by atoms with Gasteiger partial charge in [0.05, 0.1) is 4.47 Å². The third-order valence-electron chi connectivity index (χ3n) is 2.65. The first-order valence-electron chi connectivity index (χ1n) is 5.82. The van der Waals surface area contributed by atoms with Gasteiger partial charge < -0.3 is 4.98 Å². The third kappa shape index (κ3) is 3.37. The van der Waals surface area contributed by atoms with Gasteiger partial charge in [-0.05, 0) is 53.9 Å². The average Bonchev–Trinajstić information content (AvgIpc) is 2.31. The summed E-state index contributed by atoms with van der Waals surface area (Å²) >= 11 is 15.7. The topological polar surface area (TPSA) is 41.6 Å². The highest BCUT2D eigenvalue weighted by molar-refractivity contribution is 9.11. The Morgan fingerprint density at radius 1 is 1.20 bits per heavy atom. The molecular weight excluding hydrogens is 470 g/mol. The summed E-state index contributed by atoms with van der Waals surface area (Å²) in [6, 6.07) is 1.93. The highest BCUT2D eigenvalue weighted by atomic mass is 79.9. The third-order valence-corrected chi connectivity index (χ3v) is 5.01. The number of pyridine rings is 1. The van der Waals surface area contributed by atoms with Crippen molar-refractivity contribution >= 4 is 60.0 Å². The zero-order chi connectivity index (χ0) is 15.1. The molecule has 2 rings (SSSR count). The quantitative estimate of drug-likeness (QED) is 0.524. The van der Waals surface area contributed by atoms with Crippen molar-refractivity contribution in [1.82, 2.24) is 15.0 Å². The lowest BCUT2D eigenvalue weighted by molar-refractivity contribution is 0.563. The van der Waals surface area contributed by atoms with E-state index in [-0.39, 0.29) is 5.41 Å². The number of aromatic nitrogens is 3. The van der Waals surface area contributed by atoms with Gasteiger partial charge in [0.25, 0.3) is 0 Å². The van der Waals surface area contributed by atoms with Gasteiger partial charge in [0, 0.05) is 26.3 Å². The minimum Gasteiger partial charge on any atom is -0.340 e. The number of nitrogens with one attached hydrogen (secondary N) is 1. The molecule has 0 radical (unpaired) electrons. The minimum atomic E-state index is -0.0775. The van der Waals surface area contributed by atoms with E-state index in [2.05, 4.69) is 83.5 Å². The van der Waals surface area contributed by atoms with Crippen LogP contribution in [0.1, 0.15) is 26.5 Å². The molecule has 0 bridgehead atoms. The Hall–Kier alpha value is -0.110. The number of hydrogen-bond acceptors (Lipinski definition) is 3. The normalized spacial score (nSPS) is 11.7. The lowest BCUT2D eigenvalue weighted by atomic mass is 9.92. The van der Waals surface area contributed by atoms with E-state index >= 15 is 0 Å². The molecule has 0 fully saturated rings. The fraction of sp³-hybridized carbons (Fsp3) is 0.308. The zero-order valence-corrected chi connectivity index (χ0v) is 16.7. The molecule has 0 aliphatic rings. The predicted octanol–water partition coefficient (Wildman–Crippen LogP) is 5.79. The van der Waals surface area contributed by atoms with Crippen LogP contribution in [0.3, 0.4) is 0 Å². The van der Waals surface area contributed by atoms with Crippen LogP contribution >= 0.6 is 60.0 Å². The molecule has 2 heterocycles. The van der Waals surface area contributed by atoms with Gasteiger partial charge in [-0.1, -0.05) is 33.0 Å². The Labute approximate surface area is 148 Å².